The molecule has 0 unspecified atom stereocenters. The third kappa shape index (κ3) is 4.12. The Morgan fingerprint density at radius 2 is 1.42 bits per heavy atom. The summed E-state index contributed by atoms with van der Waals surface area (Å²) < 4.78 is 6.28. The molecule has 2 N–H and O–H groups in total. The summed E-state index contributed by atoms with van der Waals surface area (Å²) >= 11 is 0. The molecule has 0 saturated heterocycles. The van der Waals surface area contributed by atoms with E-state index in [0.717, 1.165) is 70.6 Å². The molecule has 0 aromatic heterocycles. The minimum atomic E-state index is -0.874. The van der Waals surface area contributed by atoms with Gasteiger partial charge in [0, 0.05) is 5.41 Å². The number of carbonyl (C=O) groups excluding carboxylic acids is 1. The lowest BCUT2D eigenvalue weighted by Crippen LogP contribution is -2.67. The van der Waals surface area contributed by atoms with Gasteiger partial charge in [-0.3, -0.25) is 14.4 Å². The molecule has 6 fully saturated rings. The van der Waals surface area contributed by atoms with Gasteiger partial charge in [-0.05, 0) is 130 Å². The van der Waals surface area contributed by atoms with Gasteiger partial charge in [0.2, 0.25) is 0 Å². The van der Waals surface area contributed by atoms with Gasteiger partial charge in [-0.1, -0.05) is 53.2 Å². The van der Waals surface area contributed by atoms with Crippen molar-refractivity contribution >= 4 is 17.9 Å². The Morgan fingerprint density at radius 1 is 0.721 bits per heavy atom. The van der Waals surface area contributed by atoms with Crippen LogP contribution in [0.2, 0.25) is 0 Å². The molecule has 6 saturated carbocycles. The van der Waals surface area contributed by atoms with Crippen LogP contribution in [0.25, 0.3) is 0 Å². The molecule has 0 bridgehead atoms. The van der Waals surface area contributed by atoms with Crippen molar-refractivity contribution in [1.82, 2.24) is 0 Å². The summed E-state index contributed by atoms with van der Waals surface area (Å²) in [6, 6.07) is 0. The van der Waals surface area contributed by atoms with E-state index in [1.807, 2.05) is 0 Å². The topological polar surface area (TPSA) is 101 Å². The fourth-order valence-corrected chi connectivity index (χ4v) is 13.5. The van der Waals surface area contributed by atoms with Crippen molar-refractivity contribution in [2.75, 3.05) is 0 Å². The molecule has 0 aliphatic heterocycles. The number of aliphatic carboxylic acids is 2. The van der Waals surface area contributed by atoms with E-state index >= 15 is 0 Å². The second kappa shape index (κ2) is 10.1. The number of ether oxygens (including phenoxy) is 1. The maximum absolute atomic E-state index is 13.3. The maximum atomic E-state index is 13.3. The Bertz CT molecular complexity index is 1210. The predicted octanol–water partition coefficient (Wildman–Crippen LogP) is 8.14. The predicted molar refractivity (Wildman–Crippen MR) is 165 cm³/mol. The smallest absolute Gasteiger partial charge is 0.310 e. The summed E-state index contributed by atoms with van der Waals surface area (Å²) in [5.74, 6) is -1.03. The molecule has 6 heteroatoms. The third-order valence-corrected chi connectivity index (χ3v) is 15.8. The number of hydrogen-bond donors (Lipinski definition) is 2. The lowest BCUT2D eigenvalue weighted by Gasteiger charge is -2.72. The van der Waals surface area contributed by atoms with E-state index in [4.69, 9.17) is 4.74 Å². The van der Waals surface area contributed by atoms with Gasteiger partial charge in [0.15, 0.2) is 0 Å². The fraction of sp³-hybridized carbons (Fsp3) is 0.865. The van der Waals surface area contributed by atoms with Crippen molar-refractivity contribution < 1.29 is 29.3 Å². The Morgan fingerprint density at radius 3 is 2.07 bits per heavy atom. The zero-order chi connectivity index (χ0) is 31.3. The van der Waals surface area contributed by atoms with Crippen molar-refractivity contribution in [3.8, 4) is 0 Å². The molecule has 0 heterocycles. The molecule has 6 aliphatic rings. The Hall–Kier alpha value is -1.85. The van der Waals surface area contributed by atoms with Gasteiger partial charge in [-0.15, -0.1) is 0 Å². The van der Waals surface area contributed by atoms with E-state index in [0.29, 0.717) is 36.5 Å². The van der Waals surface area contributed by atoms with Crippen LogP contribution in [0.15, 0.2) is 12.2 Å². The molecule has 6 nitrogen and oxygen atoms in total. The van der Waals surface area contributed by atoms with Crippen molar-refractivity contribution in [2.45, 2.75) is 131 Å². The summed E-state index contributed by atoms with van der Waals surface area (Å²) in [5.41, 5.74) is 0.721. The van der Waals surface area contributed by atoms with Crippen LogP contribution in [0, 0.1) is 68.5 Å². The first-order chi connectivity index (χ1) is 20.0. The van der Waals surface area contributed by atoms with Gasteiger partial charge in [-0.25, -0.2) is 0 Å². The number of carboxylic acids is 2. The summed E-state index contributed by atoms with van der Waals surface area (Å²) in [7, 11) is 0. The van der Waals surface area contributed by atoms with E-state index in [2.05, 4.69) is 48.1 Å². The van der Waals surface area contributed by atoms with E-state index in [1.54, 1.807) is 0 Å². The largest absolute Gasteiger partial charge is 0.481 e. The average Bonchev–Trinajstić information content (AvgIpc) is 3.57. The standard InChI is InChI=1S/C37H56O6/c1-21(2)22-13-18-37(32(41)42)20-19-35(6)25(29(22)37)11-12-27-34(5)16-15-28(33(3,4)26(34)14-17-36(27,35)7)43-31(40)24-10-8-9-23(24)30(38)39/h22-29H,1,8-20H2,2-7H3,(H,38,39)(H,41,42)/t22-,23+,24+,25+,26-,27+,28-,29+,34-,35+,36+,37-/m0/s1. The summed E-state index contributed by atoms with van der Waals surface area (Å²) in [4.78, 5) is 38.0. The molecule has 0 aromatic rings. The number of carbonyl (C=O) groups is 3. The third-order valence-electron chi connectivity index (χ3n) is 15.8. The number of esters is 1. The van der Waals surface area contributed by atoms with E-state index in [9.17, 15) is 24.6 Å². The van der Waals surface area contributed by atoms with E-state index in [-0.39, 0.29) is 39.7 Å². The molecule has 6 rings (SSSR count). The Labute approximate surface area is 258 Å². The SMILES string of the molecule is C=C(C)[C@@H]1CC[C@]2(C(=O)O)CC[C@]3(C)[C@H](CC[C@@H]4[C@@]5(C)CC[C@H](OC(=O)[C@@H]6CCC[C@H]6C(=O)O)C(C)(C)[C@@H]5CC[C@]43C)[C@@H]12. The minimum Gasteiger partial charge on any atom is -0.481 e. The van der Waals surface area contributed by atoms with Crippen LogP contribution in [0.4, 0.5) is 0 Å². The Balaban J connectivity index is 1.27. The minimum absolute atomic E-state index is 0.0906. The second-order valence-electron chi connectivity index (χ2n) is 17.4. The first-order valence-corrected chi connectivity index (χ1v) is 17.4. The Kier molecular flexibility index (Phi) is 7.30. The molecule has 12 atom stereocenters. The number of carboxylic acid groups (broad SMARTS) is 2. The molecule has 6 aliphatic carbocycles. The van der Waals surface area contributed by atoms with Gasteiger partial charge in [0.05, 0.1) is 17.3 Å². The molecule has 43 heavy (non-hydrogen) atoms. The summed E-state index contributed by atoms with van der Waals surface area (Å²) in [6.45, 7) is 18.7. The number of rotatable bonds is 5. The number of hydrogen-bond acceptors (Lipinski definition) is 4. The van der Waals surface area contributed by atoms with Crippen molar-refractivity contribution in [1.29, 1.82) is 0 Å². The highest BCUT2D eigenvalue weighted by Gasteiger charge is 2.72. The molecule has 240 valence electrons. The van der Waals surface area contributed by atoms with Crippen LogP contribution in [0.1, 0.15) is 125 Å². The highest BCUT2D eigenvalue weighted by molar-refractivity contribution is 5.82. The van der Waals surface area contributed by atoms with Gasteiger partial charge in [0.1, 0.15) is 6.10 Å². The van der Waals surface area contributed by atoms with Gasteiger partial charge in [-0.2, -0.15) is 0 Å². The van der Waals surface area contributed by atoms with Crippen LogP contribution in [-0.4, -0.2) is 34.2 Å². The monoisotopic (exact) mass is 596 g/mol. The van der Waals surface area contributed by atoms with E-state index < -0.39 is 29.2 Å². The molecule has 0 spiro atoms. The van der Waals surface area contributed by atoms with E-state index in [1.165, 1.54) is 5.57 Å². The lowest BCUT2D eigenvalue weighted by molar-refractivity contribution is -0.251. The average molecular weight is 597 g/mol. The molecule has 0 radical (unpaired) electrons. The van der Waals surface area contributed by atoms with Gasteiger partial charge < -0.3 is 14.9 Å². The highest BCUT2D eigenvalue weighted by Crippen LogP contribution is 2.77. The number of allylic oxidation sites excluding steroid dienone is 1. The summed E-state index contributed by atoms with van der Waals surface area (Å²) in [5, 5.41) is 20.3. The lowest BCUT2D eigenvalue weighted by atomic mass is 9.32. The van der Waals surface area contributed by atoms with Crippen LogP contribution >= 0.6 is 0 Å². The molecular weight excluding hydrogens is 540 g/mol. The normalized spacial score (nSPS) is 50.0. The zero-order valence-electron chi connectivity index (χ0n) is 27.5. The van der Waals surface area contributed by atoms with Crippen LogP contribution in [-0.2, 0) is 19.1 Å². The molecular formula is C37H56O6. The van der Waals surface area contributed by atoms with Crippen LogP contribution in [0.3, 0.4) is 0 Å². The highest BCUT2D eigenvalue weighted by atomic mass is 16.5. The molecule has 0 aromatic carbocycles. The maximum Gasteiger partial charge on any atom is 0.310 e. The van der Waals surface area contributed by atoms with Gasteiger partial charge in [0.25, 0.3) is 0 Å². The molecule has 0 amide bonds. The van der Waals surface area contributed by atoms with Crippen molar-refractivity contribution in [3.05, 3.63) is 12.2 Å². The quantitative estimate of drug-likeness (QED) is 0.245. The first-order valence-electron chi connectivity index (χ1n) is 17.4. The van der Waals surface area contributed by atoms with Crippen LogP contribution in [0.5, 0.6) is 0 Å². The fourth-order valence-electron chi connectivity index (χ4n) is 13.5. The first kappa shape index (κ1) is 31.1. The van der Waals surface area contributed by atoms with Gasteiger partial charge >= 0.3 is 17.9 Å². The second-order valence-corrected chi connectivity index (χ2v) is 17.4. The van der Waals surface area contributed by atoms with Crippen LogP contribution < -0.4 is 0 Å². The number of fused-ring (bicyclic) bond motifs is 7. The zero-order valence-corrected chi connectivity index (χ0v) is 27.5. The van der Waals surface area contributed by atoms with Crippen molar-refractivity contribution in [2.24, 2.45) is 68.5 Å². The summed E-state index contributed by atoms with van der Waals surface area (Å²) in [6.07, 6.45) is 11.6. The van der Waals surface area contributed by atoms with Crippen molar-refractivity contribution in [3.63, 3.8) is 0 Å².